The summed E-state index contributed by atoms with van der Waals surface area (Å²) in [5.74, 6) is 1.58. The maximum Gasteiger partial charge on any atom is 0.141 e. The lowest BCUT2D eigenvalue weighted by atomic mass is 10.1. The minimum atomic E-state index is 0.396. The minimum Gasteiger partial charge on any atom is -0.360 e. The molecule has 0 saturated heterocycles. The van der Waals surface area contributed by atoms with Crippen LogP contribution >= 0.6 is 0 Å². The Labute approximate surface area is 95.3 Å². The highest BCUT2D eigenvalue weighted by molar-refractivity contribution is 5.58. The minimum absolute atomic E-state index is 0.396. The fourth-order valence-electron chi connectivity index (χ4n) is 2.15. The Morgan fingerprint density at radius 1 is 1.25 bits per heavy atom. The SMILES string of the molecule is CC1(C)CC1c1cc(-c2ccccc2)no1. The summed E-state index contributed by atoms with van der Waals surface area (Å²) in [6.07, 6.45) is 1.20. The Hall–Kier alpha value is -1.57. The van der Waals surface area contributed by atoms with Crippen molar-refractivity contribution >= 4 is 0 Å². The second kappa shape index (κ2) is 3.21. The summed E-state index contributed by atoms with van der Waals surface area (Å²) in [6.45, 7) is 4.53. The van der Waals surface area contributed by atoms with Crippen LogP contribution in [0.5, 0.6) is 0 Å². The van der Waals surface area contributed by atoms with Crippen LogP contribution in [0, 0.1) is 5.41 Å². The van der Waals surface area contributed by atoms with E-state index in [1.807, 2.05) is 18.2 Å². The lowest BCUT2D eigenvalue weighted by molar-refractivity contribution is 0.375. The quantitative estimate of drug-likeness (QED) is 0.757. The van der Waals surface area contributed by atoms with E-state index >= 15 is 0 Å². The van der Waals surface area contributed by atoms with Crippen molar-refractivity contribution < 1.29 is 4.52 Å². The van der Waals surface area contributed by atoms with E-state index in [9.17, 15) is 0 Å². The fourth-order valence-corrected chi connectivity index (χ4v) is 2.15. The van der Waals surface area contributed by atoms with Gasteiger partial charge in [0.05, 0.1) is 0 Å². The molecule has 1 aromatic carbocycles. The fraction of sp³-hybridized carbons (Fsp3) is 0.357. The first kappa shape index (κ1) is 9.64. The highest BCUT2D eigenvalue weighted by Gasteiger charge is 2.49. The zero-order chi connectivity index (χ0) is 11.2. The molecular weight excluding hydrogens is 198 g/mol. The summed E-state index contributed by atoms with van der Waals surface area (Å²) in [4.78, 5) is 0. The predicted molar refractivity (Wildman–Crippen MR) is 63.1 cm³/mol. The van der Waals surface area contributed by atoms with Crippen molar-refractivity contribution in [3.8, 4) is 11.3 Å². The molecule has 0 amide bonds. The topological polar surface area (TPSA) is 26.0 Å². The van der Waals surface area contributed by atoms with E-state index in [2.05, 4.69) is 37.2 Å². The molecule has 0 spiro atoms. The zero-order valence-electron chi connectivity index (χ0n) is 9.60. The van der Waals surface area contributed by atoms with Crippen LogP contribution in [0.25, 0.3) is 11.3 Å². The Kier molecular flexibility index (Phi) is 1.93. The van der Waals surface area contributed by atoms with Crippen LogP contribution in [0.15, 0.2) is 40.9 Å². The van der Waals surface area contributed by atoms with Gasteiger partial charge in [0.2, 0.25) is 0 Å². The molecule has 0 bridgehead atoms. The first-order valence-corrected chi connectivity index (χ1v) is 5.69. The first-order valence-electron chi connectivity index (χ1n) is 5.69. The van der Waals surface area contributed by atoms with E-state index in [0.717, 1.165) is 17.0 Å². The van der Waals surface area contributed by atoms with Crippen molar-refractivity contribution in [1.29, 1.82) is 0 Å². The van der Waals surface area contributed by atoms with Gasteiger partial charge >= 0.3 is 0 Å². The van der Waals surface area contributed by atoms with E-state index < -0.39 is 0 Å². The largest absolute Gasteiger partial charge is 0.360 e. The maximum atomic E-state index is 5.43. The van der Waals surface area contributed by atoms with Gasteiger partial charge in [0.15, 0.2) is 0 Å². The lowest BCUT2D eigenvalue weighted by Gasteiger charge is -1.96. The van der Waals surface area contributed by atoms with Crippen LogP contribution in [0.2, 0.25) is 0 Å². The molecule has 1 aromatic heterocycles. The number of benzene rings is 1. The van der Waals surface area contributed by atoms with E-state index in [4.69, 9.17) is 4.52 Å². The number of rotatable bonds is 2. The maximum absolute atomic E-state index is 5.43. The van der Waals surface area contributed by atoms with E-state index in [1.54, 1.807) is 0 Å². The van der Waals surface area contributed by atoms with Crippen LogP contribution in [-0.4, -0.2) is 5.16 Å². The third-order valence-electron chi connectivity index (χ3n) is 3.45. The van der Waals surface area contributed by atoms with Gasteiger partial charge in [-0.3, -0.25) is 0 Å². The van der Waals surface area contributed by atoms with Crippen LogP contribution in [0.1, 0.15) is 31.9 Å². The van der Waals surface area contributed by atoms with Gasteiger partial charge in [0, 0.05) is 17.5 Å². The van der Waals surface area contributed by atoms with Crippen LogP contribution < -0.4 is 0 Å². The number of hydrogen-bond acceptors (Lipinski definition) is 2. The van der Waals surface area contributed by atoms with Crippen LogP contribution in [-0.2, 0) is 0 Å². The van der Waals surface area contributed by atoms with Crippen molar-refractivity contribution in [2.45, 2.75) is 26.2 Å². The molecular formula is C14H15NO. The molecule has 1 fully saturated rings. The molecule has 0 N–H and O–H groups in total. The molecule has 0 aliphatic heterocycles. The number of aromatic nitrogens is 1. The molecule has 16 heavy (non-hydrogen) atoms. The molecule has 1 unspecified atom stereocenters. The predicted octanol–water partition coefficient (Wildman–Crippen LogP) is 3.86. The van der Waals surface area contributed by atoms with Gasteiger partial charge in [0.1, 0.15) is 11.5 Å². The molecule has 82 valence electrons. The standard InChI is InChI=1S/C14H15NO/c1-14(2)9-11(14)13-8-12(15-16-13)10-6-4-3-5-7-10/h3-8,11H,9H2,1-2H3. The summed E-state index contributed by atoms with van der Waals surface area (Å²) >= 11 is 0. The Morgan fingerprint density at radius 3 is 2.56 bits per heavy atom. The second-order valence-corrected chi connectivity index (χ2v) is 5.23. The monoisotopic (exact) mass is 213 g/mol. The Bertz CT molecular complexity index is 498. The van der Waals surface area contributed by atoms with Gasteiger partial charge in [-0.25, -0.2) is 0 Å². The highest BCUT2D eigenvalue weighted by Crippen LogP contribution is 2.58. The third kappa shape index (κ3) is 1.54. The van der Waals surface area contributed by atoms with E-state index in [-0.39, 0.29) is 0 Å². The van der Waals surface area contributed by atoms with Crippen molar-refractivity contribution in [2.75, 3.05) is 0 Å². The molecule has 2 aromatic rings. The number of nitrogens with zero attached hydrogens (tertiary/aromatic N) is 1. The second-order valence-electron chi connectivity index (χ2n) is 5.23. The van der Waals surface area contributed by atoms with Gasteiger partial charge in [-0.05, 0) is 11.8 Å². The van der Waals surface area contributed by atoms with Gasteiger partial charge in [0.25, 0.3) is 0 Å². The van der Waals surface area contributed by atoms with E-state index in [1.165, 1.54) is 6.42 Å². The molecule has 1 saturated carbocycles. The molecule has 0 radical (unpaired) electrons. The summed E-state index contributed by atoms with van der Waals surface area (Å²) in [5.41, 5.74) is 2.46. The molecule has 1 heterocycles. The average Bonchev–Trinajstić information content (AvgIpc) is 2.76. The summed E-state index contributed by atoms with van der Waals surface area (Å²) in [7, 11) is 0. The summed E-state index contributed by atoms with van der Waals surface area (Å²) in [5, 5.41) is 4.14. The Balaban J connectivity index is 1.89. The highest BCUT2D eigenvalue weighted by atomic mass is 16.5. The molecule has 2 heteroatoms. The van der Waals surface area contributed by atoms with Crippen molar-refractivity contribution in [3.63, 3.8) is 0 Å². The molecule has 1 aliphatic rings. The molecule has 3 rings (SSSR count). The van der Waals surface area contributed by atoms with Crippen LogP contribution in [0.3, 0.4) is 0 Å². The summed E-state index contributed by atoms with van der Waals surface area (Å²) in [6, 6.07) is 12.2. The number of hydrogen-bond donors (Lipinski definition) is 0. The Morgan fingerprint density at radius 2 is 1.94 bits per heavy atom. The summed E-state index contributed by atoms with van der Waals surface area (Å²) < 4.78 is 5.43. The van der Waals surface area contributed by atoms with Gasteiger partial charge in [-0.1, -0.05) is 49.3 Å². The van der Waals surface area contributed by atoms with Crippen molar-refractivity contribution in [2.24, 2.45) is 5.41 Å². The average molecular weight is 213 g/mol. The van der Waals surface area contributed by atoms with Gasteiger partial charge < -0.3 is 4.52 Å². The molecule has 1 aliphatic carbocycles. The smallest absolute Gasteiger partial charge is 0.141 e. The first-order chi connectivity index (χ1) is 7.67. The van der Waals surface area contributed by atoms with Crippen molar-refractivity contribution in [3.05, 3.63) is 42.2 Å². The molecule has 2 nitrogen and oxygen atoms in total. The lowest BCUT2D eigenvalue weighted by Crippen LogP contribution is -1.87. The molecule has 1 atom stereocenters. The van der Waals surface area contributed by atoms with Crippen molar-refractivity contribution in [1.82, 2.24) is 5.16 Å². The zero-order valence-corrected chi connectivity index (χ0v) is 9.60. The van der Waals surface area contributed by atoms with Crippen LogP contribution in [0.4, 0.5) is 0 Å². The van der Waals surface area contributed by atoms with Gasteiger partial charge in [-0.2, -0.15) is 0 Å². The normalized spacial score (nSPS) is 22.0. The third-order valence-corrected chi connectivity index (χ3v) is 3.45. The van der Waals surface area contributed by atoms with E-state index in [0.29, 0.717) is 11.3 Å². The van der Waals surface area contributed by atoms with Gasteiger partial charge in [-0.15, -0.1) is 0 Å².